The van der Waals surface area contributed by atoms with Crippen molar-refractivity contribution in [3.05, 3.63) is 47.5 Å². The molecule has 1 aromatic rings. The van der Waals surface area contributed by atoms with Crippen LogP contribution in [0.5, 0.6) is 0 Å². The van der Waals surface area contributed by atoms with Crippen molar-refractivity contribution < 1.29 is 19.4 Å². The Morgan fingerprint density at radius 1 is 0.966 bits per heavy atom. The summed E-state index contributed by atoms with van der Waals surface area (Å²) in [6, 6.07) is 8.13. The molecule has 160 valence electrons. The van der Waals surface area contributed by atoms with E-state index in [1.165, 1.54) is 25.7 Å². The Labute approximate surface area is 175 Å². The Morgan fingerprint density at radius 3 is 2.10 bits per heavy atom. The second-order valence-electron chi connectivity index (χ2n) is 7.28. The number of hydrogen-bond acceptors (Lipinski definition) is 3. The van der Waals surface area contributed by atoms with Gasteiger partial charge in [0.2, 0.25) is 0 Å². The molecule has 0 aliphatic carbocycles. The quantitative estimate of drug-likeness (QED) is 0.220. The lowest BCUT2D eigenvalue weighted by Crippen LogP contribution is -2.40. The van der Waals surface area contributed by atoms with Crippen molar-refractivity contribution in [3.63, 3.8) is 0 Å². The number of carboxylic acid groups (broad SMARTS) is 1. The molecule has 0 heterocycles. The Kier molecular flexibility index (Phi) is 11.7. The van der Waals surface area contributed by atoms with Gasteiger partial charge in [0, 0.05) is 0 Å². The maximum Gasteiger partial charge on any atom is 0.323 e. The van der Waals surface area contributed by atoms with Gasteiger partial charge < -0.3 is 9.84 Å². The van der Waals surface area contributed by atoms with Crippen LogP contribution in [-0.4, -0.2) is 23.7 Å². The number of rotatable bonds is 14. The standard InChI is InChI=1S/C25H36O4/c1-4-7-8-9-10-11-16-21-17-12-13-18-22(21)19-14-15-20-25(5-2,23(26)27)24(28)29-6-3/h11-14,16-19H,4-10,15,20H2,1-3H3,(H,26,27). The van der Waals surface area contributed by atoms with E-state index in [0.717, 1.165) is 17.5 Å². The molecule has 1 aromatic carbocycles. The number of allylic oxidation sites excluding steroid dienone is 2. The number of carbonyl (C=O) groups excluding carboxylic acids is 1. The molecule has 4 nitrogen and oxygen atoms in total. The Balaban J connectivity index is 2.74. The fraction of sp³-hybridized carbons (Fsp3) is 0.520. The second-order valence-corrected chi connectivity index (χ2v) is 7.28. The summed E-state index contributed by atoms with van der Waals surface area (Å²) in [6.07, 6.45) is 15.3. The van der Waals surface area contributed by atoms with Gasteiger partial charge in [0.25, 0.3) is 0 Å². The van der Waals surface area contributed by atoms with Crippen molar-refractivity contribution in [1.82, 2.24) is 0 Å². The van der Waals surface area contributed by atoms with Crippen molar-refractivity contribution >= 4 is 24.1 Å². The van der Waals surface area contributed by atoms with Crippen molar-refractivity contribution in [3.8, 4) is 0 Å². The Bertz CT molecular complexity index is 690. The summed E-state index contributed by atoms with van der Waals surface area (Å²) in [5, 5.41) is 9.62. The smallest absolute Gasteiger partial charge is 0.323 e. The first-order valence-corrected chi connectivity index (χ1v) is 10.8. The predicted octanol–water partition coefficient (Wildman–Crippen LogP) is 6.51. The van der Waals surface area contributed by atoms with Crippen LogP contribution in [0.2, 0.25) is 0 Å². The molecule has 0 fully saturated rings. The lowest BCUT2D eigenvalue weighted by molar-refractivity contribution is -0.169. The topological polar surface area (TPSA) is 63.6 Å². The summed E-state index contributed by atoms with van der Waals surface area (Å²) >= 11 is 0. The van der Waals surface area contributed by atoms with Crippen LogP contribution in [0.25, 0.3) is 12.2 Å². The maximum absolute atomic E-state index is 12.2. The van der Waals surface area contributed by atoms with Crippen LogP contribution in [0.15, 0.2) is 36.4 Å². The Hall–Kier alpha value is -2.36. The molecule has 0 aromatic heterocycles. The zero-order chi connectivity index (χ0) is 21.5. The van der Waals surface area contributed by atoms with E-state index in [-0.39, 0.29) is 19.4 Å². The minimum atomic E-state index is -1.47. The fourth-order valence-electron chi connectivity index (χ4n) is 3.29. The van der Waals surface area contributed by atoms with Crippen LogP contribution in [0.3, 0.4) is 0 Å². The summed E-state index contributed by atoms with van der Waals surface area (Å²) < 4.78 is 5.02. The molecular formula is C25H36O4. The molecular weight excluding hydrogens is 364 g/mol. The summed E-state index contributed by atoms with van der Waals surface area (Å²) in [4.78, 5) is 24.0. The monoisotopic (exact) mass is 400 g/mol. The molecule has 0 saturated carbocycles. The first-order valence-electron chi connectivity index (χ1n) is 10.8. The molecule has 0 aliphatic heterocycles. The number of unbranched alkanes of at least 4 members (excludes halogenated alkanes) is 4. The highest BCUT2D eigenvalue weighted by molar-refractivity contribution is 5.99. The van der Waals surface area contributed by atoms with Crippen LogP contribution >= 0.6 is 0 Å². The molecule has 4 heteroatoms. The predicted molar refractivity (Wildman–Crippen MR) is 119 cm³/mol. The average molecular weight is 401 g/mol. The molecule has 0 aliphatic rings. The van der Waals surface area contributed by atoms with Crippen LogP contribution in [-0.2, 0) is 14.3 Å². The van der Waals surface area contributed by atoms with Gasteiger partial charge in [0.15, 0.2) is 5.41 Å². The molecule has 1 unspecified atom stereocenters. The molecule has 0 bridgehead atoms. The third-order valence-electron chi connectivity index (χ3n) is 5.23. The zero-order valence-electron chi connectivity index (χ0n) is 18.2. The maximum atomic E-state index is 12.2. The average Bonchev–Trinajstić information content (AvgIpc) is 2.71. The fourth-order valence-corrected chi connectivity index (χ4v) is 3.29. The molecule has 1 N–H and O–H groups in total. The summed E-state index contributed by atoms with van der Waals surface area (Å²) in [6.45, 7) is 5.80. The molecule has 29 heavy (non-hydrogen) atoms. The first kappa shape index (κ1) is 24.7. The van der Waals surface area contributed by atoms with Crippen LogP contribution in [0.4, 0.5) is 0 Å². The lowest BCUT2D eigenvalue weighted by atomic mass is 9.80. The highest BCUT2D eigenvalue weighted by Crippen LogP contribution is 2.31. The number of carbonyl (C=O) groups is 2. The van der Waals surface area contributed by atoms with E-state index in [1.54, 1.807) is 13.8 Å². The molecule has 0 radical (unpaired) electrons. The highest BCUT2D eigenvalue weighted by Gasteiger charge is 2.45. The van der Waals surface area contributed by atoms with Gasteiger partial charge in [0.1, 0.15) is 0 Å². The van der Waals surface area contributed by atoms with Crippen LogP contribution in [0.1, 0.15) is 83.3 Å². The molecule has 1 rings (SSSR count). The second kappa shape index (κ2) is 13.8. The lowest BCUT2D eigenvalue weighted by Gasteiger charge is -2.25. The SMILES string of the molecule is CCCCCCC=Cc1ccccc1C=CCCC(CC)(C(=O)O)C(=O)OCC. The number of hydrogen-bond donors (Lipinski definition) is 1. The highest BCUT2D eigenvalue weighted by atomic mass is 16.5. The summed E-state index contributed by atoms with van der Waals surface area (Å²) in [7, 11) is 0. The minimum Gasteiger partial charge on any atom is -0.480 e. The van der Waals surface area contributed by atoms with Crippen LogP contribution < -0.4 is 0 Å². The number of esters is 1. The largest absolute Gasteiger partial charge is 0.480 e. The number of carboxylic acids is 1. The molecule has 0 amide bonds. The van der Waals surface area contributed by atoms with Gasteiger partial charge in [-0.3, -0.25) is 9.59 Å². The van der Waals surface area contributed by atoms with Crippen molar-refractivity contribution in [2.75, 3.05) is 6.61 Å². The van der Waals surface area contributed by atoms with Gasteiger partial charge >= 0.3 is 11.9 Å². The normalized spacial score (nSPS) is 13.6. The van der Waals surface area contributed by atoms with Gasteiger partial charge in [-0.1, -0.05) is 81.7 Å². The third-order valence-corrected chi connectivity index (χ3v) is 5.23. The van der Waals surface area contributed by atoms with Crippen LogP contribution in [0, 0.1) is 5.41 Å². The number of benzene rings is 1. The van der Waals surface area contributed by atoms with Crippen molar-refractivity contribution in [1.29, 1.82) is 0 Å². The number of aliphatic carboxylic acids is 1. The molecule has 0 saturated heterocycles. The molecule has 0 spiro atoms. The van der Waals surface area contributed by atoms with Gasteiger partial charge in [-0.05, 0) is 50.2 Å². The molecule has 1 atom stereocenters. The van der Waals surface area contributed by atoms with E-state index in [0.29, 0.717) is 6.42 Å². The minimum absolute atomic E-state index is 0.182. The van der Waals surface area contributed by atoms with Gasteiger partial charge in [-0.15, -0.1) is 0 Å². The van der Waals surface area contributed by atoms with Gasteiger partial charge in [0.05, 0.1) is 6.61 Å². The summed E-state index contributed by atoms with van der Waals surface area (Å²) in [5.74, 6) is -1.76. The van der Waals surface area contributed by atoms with E-state index in [1.807, 2.05) is 30.4 Å². The van der Waals surface area contributed by atoms with Gasteiger partial charge in [-0.25, -0.2) is 0 Å². The van der Waals surface area contributed by atoms with E-state index < -0.39 is 17.4 Å². The zero-order valence-corrected chi connectivity index (χ0v) is 18.2. The van der Waals surface area contributed by atoms with Gasteiger partial charge in [-0.2, -0.15) is 0 Å². The van der Waals surface area contributed by atoms with E-state index in [4.69, 9.17) is 4.74 Å². The van der Waals surface area contributed by atoms with E-state index in [9.17, 15) is 14.7 Å². The van der Waals surface area contributed by atoms with E-state index in [2.05, 4.69) is 25.1 Å². The number of ether oxygens (including phenoxy) is 1. The summed E-state index contributed by atoms with van der Waals surface area (Å²) in [5.41, 5.74) is 0.758. The third kappa shape index (κ3) is 7.88. The van der Waals surface area contributed by atoms with Crippen molar-refractivity contribution in [2.24, 2.45) is 5.41 Å². The Morgan fingerprint density at radius 2 is 1.59 bits per heavy atom. The van der Waals surface area contributed by atoms with E-state index >= 15 is 0 Å². The first-order chi connectivity index (χ1) is 14.0. The van der Waals surface area contributed by atoms with Crippen molar-refractivity contribution in [2.45, 2.75) is 72.1 Å².